The van der Waals surface area contributed by atoms with Crippen LogP contribution < -0.4 is 4.74 Å². The number of esters is 1. The molecule has 2 rings (SSSR count). The predicted molar refractivity (Wildman–Crippen MR) is 72.3 cm³/mol. The summed E-state index contributed by atoms with van der Waals surface area (Å²) in [6.07, 6.45) is -0.922. The first-order valence-electron chi connectivity index (χ1n) is 6.09. The SMILES string of the molecule is O=NC(F)(F)Cc1ccccc1OC(=O)c1ccccc1. The van der Waals surface area contributed by atoms with Crippen LogP contribution in [0, 0.1) is 4.91 Å². The highest BCUT2D eigenvalue weighted by Gasteiger charge is 2.31. The summed E-state index contributed by atoms with van der Waals surface area (Å²) in [6, 6.07) is 10.2. The standard InChI is InChI=1S/C15H11F2NO3/c16-15(17,18-20)10-12-8-4-5-9-13(12)21-14(19)11-6-2-1-3-7-11/h1-9H,10H2. The fourth-order valence-electron chi connectivity index (χ4n) is 1.74. The van der Waals surface area contributed by atoms with Gasteiger partial charge in [0.2, 0.25) is 0 Å². The monoisotopic (exact) mass is 291 g/mol. The summed E-state index contributed by atoms with van der Waals surface area (Å²) in [5.74, 6) is -0.680. The molecule has 2 aromatic rings. The Morgan fingerprint density at radius 2 is 1.67 bits per heavy atom. The molecule has 0 aliphatic carbocycles. The van der Waals surface area contributed by atoms with Crippen LogP contribution in [0.25, 0.3) is 0 Å². The van der Waals surface area contributed by atoms with Crippen LogP contribution in [0.1, 0.15) is 15.9 Å². The zero-order valence-corrected chi connectivity index (χ0v) is 10.8. The number of nitrogens with zero attached hydrogens (tertiary/aromatic N) is 1. The molecule has 0 atom stereocenters. The van der Waals surface area contributed by atoms with Gasteiger partial charge in [0.1, 0.15) is 5.75 Å². The number of ether oxygens (including phenoxy) is 1. The highest BCUT2D eigenvalue weighted by Crippen LogP contribution is 2.27. The summed E-state index contributed by atoms with van der Waals surface area (Å²) in [6.45, 7) is 0. The lowest BCUT2D eigenvalue weighted by atomic mass is 10.1. The van der Waals surface area contributed by atoms with Gasteiger partial charge in [-0.05, 0) is 18.2 Å². The lowest BCUT2D eigenvalue weighted by Crippen LogP contribution is -2.17. The maximum Gasteiger partial charge on any atom is 0.381 e. The minimum atomic E-state index is -3.74. The molecule has 21 heavy (non-hydrogen) atoms. The maximum atomic E-state index is 13.1. The Kier molecular flexibility index (Phi) is 4.37. The van der Waals surface area contributed by atoms with Crippen molar-refractivity contribution in [3.63, 3.8) is 0 Å². The summed E-state index contributed by atoms with van der Waals surface area (Å²) in [5, 5.41) is 1.77. The lowest BCUT2D eigenvalue weighted by molar-refractivity contribution is 0.00898. The molecule has 0 saturated heterocycles. The molecule has 0 aliphatic rings. The zero-order valence-electron chi connectivity index (χ0n) is 10.8. The molecule has 0 fully saturated rings. The second-order valence-electron chi connectivity index (χ2n) is 4.30. The van der Waals surface area contributed by atoms with E-state index in [1.54, 1.807) is 41.6 Å². The van der Waals surface area contributed by atoms with Crippen molar-refractivity contribution in [1.29, 1.82) is 0 Å². The molecule has 0 spiro atoms. The van der Waals surface area contributed by atoms with Crippen molar-refractivity contribution in [2.45, 2.75) is 12.5 Å². The Morgan fingerprint density at radius 1 is 1.05 bits per heavy atom. The molecule has 0 heterocycles. The highest BCUT2D eigenvalue weighted by molar-refractivity contribution is 5.91. The molecular formula is C15H11F2NO3. The quantitative estimate of drug-likeness (QED) is 0.364. The highest BCUT2D eigenvalue weighted by atomic mass is 19.3. The summed E-state index contributed by atoms with van der Waals surface area (Å²) in [4.78, 5) is 22.0. The molecule has 0 bridgehead atoms. The normalized spacial score (nSPS) is 11.0. The second-order valence-corrected chi connectivity index (χ2v) is 4.30. The summed E-state index contributed by atoms with van der Waals surface area (Å²) < 4.78 is 31.2. The van der Waals surface area contributed by atoms with Gasteiger partial charge in [-0.25, -0.2) is 4.79 Å². The first-order chi connectivity index (χ1) is 10.0. The Labute approximate surface area is 119 Å². The number of benzene rings is 2. The van der Waals surface area contributed by atoms with Gasteiger partial charge in [0.05, 0.1) is 12.0 Å². The van der Waals surface area contributed by atoms with Crippen LogP contribution in [0.2, 0.25) is 0 Å². The van der Waals surface area contributed by atoms with Gasteiger partial charge in [-0.1, -0.05) is 36.4 Å². The molecule has 0 N–H and O–H groups in total. The van der Waals surface area contributed by atoms with Gasteiger partial charge < -0.3 is 4.74 Å². The van der Waals surface area contributed by atoms with Crippen LogP contribution in [0.4, 0.5) is 8.78 Å². The fraction of sp³-hybridized carbons (Fsp3) is 0.133. The minimum Gasteiger partial charge on any atom is -0.423 e. The second kappa shape index (κ2) is 6.21. The largest absolute Gasteiger partial charge is 0.423 e. The maximum absolute atomic E-state index is 13.1. The summed E-state index contributed by atoms with van der Waals surface area (Å²) >= 11 is 0. The van der Waals surface area contributed by atoms with Crippen molar-refractivity contribution in [3.05, 3.63) is 70.6 Å². The molecule has 0 saturated carbocycles. The summed E-state index contributed by atoms with van der Waals surface area (Å²) in [7, 11) is 0. The predicted octanol–water partition coefficient (Wildman–Crippen LogP) is 3.81. The minimum absolute atomic E-state index is 0.0188. The first-order valence-corrected chi connectivity index (χ1v) is 6.09. The molecule has 0 radical (unpaired) electrons. The molecule has 0 amide bonds. The van der Waals surface area contributed by atoms with Crippen molar-refractivity contribution in [2.75, 3.05) is 0 Å². The van der Waals surface area contributed by atoms with E-state index in [9.17, 15) is 18.5 Å². The lowest BCUT2D eigenvalue weighted by Gasteiger charge is -2.12. The van der Waals surface area contributed by atoms with Crippen LogP contribution in [0.5, 0.6) is 5.75 Å². The molecule has 0 unspecified atom stereocenters. The van der Waals surface area contributed by atoms with Gasteiger partial charge in [-0.15, -0.1) is 4.91 Å². The van der Waals surface area contributed by atoms with E-state index >= 15 is 0 Å². The van der Waals surface area contributed by atoms with Crippen LogP contribution in [-0.2, 0) is 6.42 Å². The van der Waals surface area contributed by atoms with E-state index in [2.05, 4.69) is 0 Å². The van der Waals surface area contributed by atoms with Crippen LogP contribution in [-0.4, -0.2) is 12.0 Å². The number of rotatable bonds is 5. The molecule has 6 heteroatoms. The van der Waals surface area contributed by atoms with E-state index in [0.29, 0.717) is 5.56 Å². The van der Waals surface area contributed by atoms with E-state index in [4.69, 9.17) is 4.74 Å². The van der Waals surface area contributed by atoms with Gasteiger partial charge in [0, 0.05) is 10.7 Å². The molecule has 0 aliphatic heterocycles. The van der Waals surface area contributed by atoms with Gasteiger partial charge in [-0.2, -0.15) is 8.78 Å². The number of halogens is 2. The third-order valence-electron chi connectivity index (χ3n) is 2.72. The number of nitroso groups, excluding NO2 is 1. The van der Waals surface area contributed by atoms with Gasteiger partial charge in [0.25, 0.3) is 0 Å². The van der Waals surface area contributed by atoms with E-state index in [-0.39, 0.29) is 11.3 Å². The molecule has 2 aromatic carbocycles. The summed E-state index contributed by atoms with van der Waals surface area (Å²) in [5.41, 5.74) is 0.332. The number of carbonyl (C=O) groups excluding carboxylic acids is 1. The Hall–Kier alpha value is -2.63. The average Bonchev–Trinajstić information content (AvgIpc) is 2.50. The van der Waals surface area contributed by atoms with E-state index < -0.39 is 18.4 Å². The van der Waals surface area contributed by atoms with Crippen molar-refractivity contribution < 1.29 is 18.3 Å². The zero-order chi connectivity index (χ0) is 15.3. The van der Waals surface area contributed by atoms with E-state index in [0.717, 1.165) is 0 Å². The number of para-hydroxylation sites is 1. The van der Waals surface area contributed by atoms with Crippen LogP contribution in [0.3, 0.4) is 0 Å². The molecule has 108 valence electrons. The van der Waals surface area contributed by atoms with E-state index in [1.165, 1.54) is 18.2 Å². The van der Waals surface area contributed by atoms with Crippen molar-refractivity contribution in [3.8, 4) is 5.75 Å². The topological polar surface area (TPSA) is 55.7 Å². The molecular weight excluding hydrogens is 280 g/mol. The number of alkyl halides is 2. The Balaban J connectivity index is 2.21. The van der Waals surface area contributed by atoms with Crippen LogP contribution >= 0.6 is 0 Å². The van der Waals surface area contributed by atoms with Gasteiger partial charge >= 0.3 is 12.0 Å². The fourth-order valence-corrected chi connectivity index (χ4v) is 1.74. The Morgan fingerprint density at radius 3 is 2.33 bits per heavy atom. The molecule has 0 aromatic heterocycles. The average molecular weight is 291 g/mol. The molecule has 4 nitrogen and oxygen atoms in total. The Bertz CT molecular complexity index is 644. The number of carbonyl (C=O) groups is 1. The van der Waals surface area contributed by atoms with Crippen molar-refractivity contribution >= 4 is 5.97 Å². The van der Waals surface area contributed by atoms with Gasteiger partial charge in [0.15, 0.2) is 0 Å². The third-order valence-corrected chi connectivity index (χ3v) is 2.72. The first kappa shape index (κ1) is 14.8. The van der Waals surface area contributed by atoms with Crippen molar-refractivity contribution in [1.82, 2.24) is 0 Å². The van der Waals surface area contributed by atoms with Crippen molar-refractivity contribution in [2.24, 2.45) is 5.18 Å². The number of hydrogen-bond acceptors (Lipinski definition) is 4. The van der Waals surface area contributed by atoms with E-state index in [1.807, 2.05) is 0 Å². The number of hydrogen-bond donors (Lipinski definition) is 0. The van der Waals surface area contributed by atoms with Crippen LogP contribution in [0.15, 0.2) is 59.8 Å². The third kappa shape index (κ3) is 3.92. The van der Waals surface area contributed by atoms with Gasteiger partial charge in [-0.3, -0.25) is 0 Å². The smallest absolute Gasteiger partial charge is 0.381 e.